The predicted octanol–water partition coefficient (Wildman–Crippen LogP) is 5.59. The second kappa shape index (κ2) is 6.68. The Hall–Kier alpha value is -3.07. The quantitative estimate of drug-likeness (QED) is 0.524. The van der Waals surface area contributed by atoms with Gasteiger partial charge < -0.3 is 5.32 Å². The molecule has 0 amide bonds. The molecule has 0 saturated carbocycles. The summed E-state index contributed by atoms with van der Waals surface area (Å²) >= 11 is 0. The zero-order chi connectivity index (χ0) is 18.1. The maximum absolute atomic E-state index is 4.91. The summed E-state index contributed by atoms with van der Waals surface area (Å²) < 4.78 is 2.17. The number of para-hydroxylation sites is 1. The highest BCUT2D eigenvalue weighted by Crippen LogP contribution is 2.29. The Morgan fingerprint density at radius 2 is 1.58 bits per heavy atom. The predicted molar refractivity (Wildman–Crippen MR) is 108 cm³/mol. The van der Waals surface area contributed by atoms with Crippen LogP contribution in [0.3, 0.4) is 0 Å². The minimum atomic E-state index is 0.800. The normalized spacial score (nSPS) is 11.0. The molecular weight excluding hydrogens is 318 g/mol. The van der Waals surface area contributed by atoms with E-state index in [0.717, 1.165) is 29.3 Å². The molecule has 1 N–H and O–H groups in total. The van der Waals surface area contributed by atoms with Crippen LogP contribution in [0.2, 0.25) is 0 Å². The van der Waals surface area contributed by atoms with Gasteiger partial charge >= 0.3 is 0 Å². The van der Waals surface area contributed by atoms with Crippen LogP contribution in [0.15, 0.2) is 66.9 Å². The molecule has 0 fully saturated rings. The standard InChI is InChI=1S/C23H23N3/c1-16-12-13-21-24-20(14-19-10-5-4-6-11-19)23(26(21)15-16)25-22-17(2)8-7-9-18(22)3/h4-13,15,25H,14H2,1-3H3. The lowest BCUT2D eigenvalue weighted by molar-refractivity contribution is 1.11. The topological polar surface area (TPSA) is 29.3 Å². The molecule has 2 aromatic heterocycles. The molecule has 0 spiro atoms. The maximum Gasteiger partial charge on any atom is 0.138 e. The smallest absolute Gasteiger partial charge is 0.138 e. The van der Waals surface area contributed by atoms with Crippen molar-refractivity contribution in [2.24, 2.45) is 0 Å². The van der Waals surface area contributed by atoms with Crippen molar-refractivity contribution in [2.75, 3.05) is 5.32 Å². The van der Waals surface area contributed by atoms with Crippen molar-refractivity contribution >= 4 is 17.2 Å². The summed E-state index contributed by atoms with van der Waals surface area (Å²) in [6, 6.07) is 21.1. The first kappa shape index (κ1) is 16.4. The van der Waals surface area contributed by atoms with Gasteiger partial charge in [0, 0.05) is 18.3 Å². The van der Waals surface area contributed by atoms with Crippen molar-refractivity contribution in [3.63, 3.8) is 0 Å². The van der Waals surface area contributed by atoms with Crippen molar-refractivity contribution in [3.8, 4) is 0 Å². The Morgan fingerprint density at radius 3 is 2.31 bits per heavy atom. The highest BCUT2D eigenvalue weighted by atomic mass is 15.1. The van der Waals surface area contributed by atoms with E-state index in [1.807, 2.05) is 6.07 Å². The summed E-state index contributed by atoms with van der Waals surface area (Å²) in [5.74, 6) is 1.05. The Bertz CT molecular complexity index is 1040. The minimum absolute atomic E-state index is 0.800. The number of pyridine rings is 1. The van der Waals surface area contributed by atoms with Gasteiger partial charge in [0.25, 0.3) is 0 Å². The first-order valence-corrected chi connectivity index (χ1v) is 8.96. The highest BCUT2D eigenvalue weighted by molar-refractivity contribution is 5.69. The van der Waals surface area contributed by atoms with Gasteiger partial charge in [-0.05, 0) is 49.1 Å². The molecule has 0 saturated heterocycles. The van der Waals surface area contributed by atoms with E-state index in [0.29, 0.717) is 0 Å². The number of fused-ring (bicyclic) bond motifs is 1. The van der Waals surface area contributed by atoms with Crippen LogP contribution in [-0.4, -0.2) is 9.38 Å². The second-order valence-corrected chi connectivity index (χ2v) is 6.90. The van der Waals surface area contributed by atoms with Crippen LogP contribution in [0, 0.1) is 20.8 Å². The largest absolute Gasteiger partial charge is 0.339 e. The van der Waals surface area contributed by atoms with Crippen LogP contribution in [0.5, 0.6) is 0 Å². The summed E-state index contributed by atoms with van der Waals surface area (Å²) in [6.07, 6.45) is 2.95. The molecule has 0 unspecified atom stereocenters. The molecular formula is C23H23N3. The molecule has 0 aliphatic heterocycles. The van der Waals surface area contributed by atoms with Crippen molar-refractivity contribution in [3.05, 3.63) is 94.8 Å². The molecule has 4 aromatic rings. The van der Waals surface area contributed by atoms with Gasteiger partial charge in [0.2, 0.25) is 0 Å². The van der Waals surface area contributed by atoms with Gasteiger partial charge in [0.05, 0.1) is 5.69 Å². The first-order valence-electron chi connectivity index (χ1n) is 8.96. The Morgan fingerprint density at radius 1 is 0.846 bits per heavy atom. The minimum Gasteiger partial charge on any atom is -0.339 e. The molecule has 3 nitrogen and oxygen atoms in total. The number of benzene rings is 2. The number of imidazole rings is 1. The molecule has 2 heterocycles. The zero-order valence-corrected chi connectivity index (χ0v) is 15.5. The van der Waals surface area contributed by atoms with Gasteiger partial charge in [0.1, 0.15) is 11.5 Å². The van der Waals surface area contributed by atoms with Gasteiger partial charge in [-0.2, -0.15) is 0 Å². The van der Waals surface area contributed by atoms with Gasteiger partial charge in [-0.1, -0.05) is 54.6 Å². The van der Waals surface area contributed by atoms with E-state index in [4.69, 9.17) is 4.98 Å². The van der Waals surface area contributed by atoms with Crippen LogP contribution in [0.4, 0.5) is 11.5 Å². The van der Waals surface area contributed by atoms with E-state index in [2.05, 4.69) is 91.3 Å². The maximum atomic E-state index is 4.91. The molecule has 0 atom stereocenters. The third kappa shape index (κ3) is 3.08. The van der Waals surface area contributed by atoms with Gasteiger partial charge in [-0.15, -0.1) is 0 Å². The number of anilines is 2. The lowest BCUT2D eigenvalue weighted by Gasteiger charge is -2.14. The number of rotatable bonds is 4. The summed E-state index contributed by atoms with van der Waals surface area (Å²) in [5.41, 5.74) is 8.13. The number of nitrogens with zero attached hydrogens (tertiary/aromatic N) is 2. The second-order valence-electron chi connectivity index (χ2n) is 6.90. The van der Waals surface area contributed by atoms with E-state index < -0.39 is 0 Å². The Labute approximate surface area is 154 Å². The van der Waals surface area contributed by atoms with Crippen LogP contribution in [0.25, 0.3) is 5.65 Å². The monoisotopic (exact) mass is 341 g/mol. The molecule has 0 aliphatic rings. The average Bonchev–Trinajstić information content (AvgIpc) is 2.95. The van der Waals surface area contributed by atoms with Crippen LogP contribution in [-0.2, 0) is 6.42 Å². The summed E-state index contributed by atoms with van der Waals surface area (Å²) in [7, 11) is 0. The fraction of sp³-hybridized carbons (Fsp3) is 0.174. The average molecular weight is 341 g/mol. The molecule has 0 radical (unpaired) electrons. The van der Waals surface area contributed by atoms with E-state index >= 15 is 0 Å². The highest BCUT2D eigenvalue weighted by Gasteiger charge is 2.15. The van der Waals surface area contributed by atoms with Crippen molar-refractivity contribution in [2.45, 2.75) is 27.2 Å². The molecule has 0 bridgehead atoms. The lowest BCUT2D eigenvalue weighted by atomic mass is 10.1. The molecule has 2 aromatic carbocycles. The van der Waals surface area contributed by atoms with Gasteiger partial charge in [0.15, 0.2) is 0 Å². The SMILES string of the molecule is Cc1ccc2nc(Cc3ccccc3)c(Nc3c(C)cccc3C)n2c1. The number of aromatic nitrogens is 2. The number of nitrogens with one attached hydrogen (secondary N) is 1. The Balaban J connectivity index is 1.85. The fourth-order valence-corrected chi connectivity index (χ4v) is 3.37. The molecule has 0 aliphatic carbocycles. The third-order valence-electron chi connectivity index (χ3n) is 4.78. The first-order chi connectivity index (χ1) is 12.6. The van der Waals surface area contributed by atoms with E-state index in [9.17, 15) is 0 Å². The van der Waals surface area contributed by atoms with E-state index in [1.165, 1.54) is 22.3 Å². The number of hydrogen-bond acceptors (Lipinski definition) is 2. The van der Waals surface area contributed by atoms with Gasteiger partial charge in [-0.25, -0.2) is 4.98 Å². The van der Waals surface area contributed by atoms with Crippen LogP contribution < -0.4 is 5.32 Å². The molecule has 130 valence electrons. The summed E-state index contributed by atoms with van der Waals surface area (Å²) in [5, 5.41) is 3.68. The molecule has 3 heteroatoms. The van der Waals surface area contributed by atoms with E-state index in [1.54, 1.807) is 0 Å². The zero-order valence-electron chi connectivity index (χ0n) is 15.5. The molecule has 26 heavy (non-hydrogen) atoms. The third-order valence-corrected chi connectivity index (χ3v) is 4.78. The summed E-state index contributed by atoms with van der Waals surface area (Å²) in [4.78, 5) is 4.91. The summed E-state index contributed by atoms with van der Waals surface area (Å²) in [6.45, 7) is 6.39. The lowest BCUT2D eigenvalue weighted by Crippen LogP contribution is -2.02. The fourth-order valence-electron chi connectivity index (χ4n) is 3.37. The van der Waals surface area contributed by atoms with Crippen molar-refractivity contribution in [1.82, 2.24) is 9.38 Å². The molecule has 4 rings (SSSR count). The van der Waals surface area contributed by atoms with Gasteiger partial charge in [-0.3, -0.25) is 4.40 Å². The number of aryl methyl sites for hydroxylation is 3. The Kier molecular flexibility index (Phi) is 4.21. The van der Waals surface area contributed by atoms with E-state index in [-0.39, 0.29) is 0 Å². The number of hydrogen-bond donors (Lipinski definition) is 1. The van der Waals surface area contributed by atoms with Crippen LogP contribution >= 0.6 is 0 Å². The van der Waals surface area contributed by atoms with Crippen LogP contribution in [0.1, 0.15) is 27.9 Å². The van der Waals surface area contributed by atoms with Crippen molar-refractivity contribution in [1.29, 1.82) is 0 Å². The van der Waals surface area contributed by atoms with Crippen molar-refractivity contribution < 1.29 is 0 Å².